The van der Waals surface area contributed by atoms with E-state index < -0.39 is 10.0 Å². The van der Waals surface area contributed by atoms with Gasteiger partial charge in [0.05, 0.1) is 12.9 Å². The highest BCUT2D eigenvalue weighted by Crippen LogP contribution is 2.26. The first-order valence-electron chi connectivity index (χ1n) is 7.31. The number of phenols is 1. The molecular formula is C15H25NO4S. The predicted molar refractivity (Wildman–Crippen MR) is 84.0 cm³/mol. The molecule has 120 valence electrons. The molecule has 1 aromatic rings. The second-order valence-corrected chi connectivity index (χ2v) is 6.99. The SMILES string of the molecule is CCCCCCCS(=O)(=O)NCc1ccc(O)c(OC)c1. The van der Waals surface area contributed by atoms with Gasteiger partial charge in [-0.25, -0.2) is 13.1 Å². The molecule has 0 atom stereocenters. The molecule has 0 heterocycles. The predicted octanol–water partition coefficient (Wildman–Crippen LogP) is 2.79. The van der Waals surface area contributed by atoms with Crippen LogP contribution >= 0.6 is 0 Å². The number of hydrogen-bond acceptors (Lipinski definition) is 4. The van der Waals surface area contributed by atoms with Crippen LogP contribution in [0.25, 0.3) is 0 Å². The van der Waals surface area contributed by atoms with Gasteiger partial charge in [0.25, 0.3) is 0 Å². The molecule has 0 unspecified atom stereocenters. The van der Waals surface area contributed by atoms with Crippen LogP contribution in [0.2, 0.25) is 0 Å². The van der Waals surface area contributed by atoms with Gasteiger partial charge in [0.15, 0.2) is 11.5 Å². The molecule has 1 rings (SSSR count). The maximum absolute atomic E-state index is 11.9. The summed E-state index contributed by atoms with van der Waals surface area (Å²) in [5, 5.41) is 9.49. The van der Waals surface area contributed by atoms with Crippen molar-refractivity contribution >= 4 is 10.0 Å². The highest BCUT2D eigenvalue weighted by Gasteiger charge is 2.10. The average Bonchev–Trinajstić information content (AvgIpc) is 2.46. The van der Waals surface area contributed by atoms with E-state index in [1.807, 2.05) is 0 Å². The summed E-state index contributed by atoms with van der Waals surface area (Å²) in [5.74, 6) is 0.539. The topological polar surface area (TPSA) is 75.6 Å². The normalized spacial score (nSPS) is 11.5. The van der Waals surface area contributed by atoms with Crippen LogP contribution in [0, 0.1) is 0 Å². The molecule has 5 nitrogen and oxygen atoms in total. The van der Waals surface area contributed by atoms with Crippen LogP contribution in [0.5, 0.6) is 11.5 Å². The Morgan fingerprint density at radius 3 is 2.57 bits per heavy atom. The Morgan fingerprint density at radius 1 is 1.19 bits per heavy atom. The fraction of sp³-hybridized carbons (Fsp3) is 0.600. The molecule has 0 aromatic heterocycles. The summed E-state index contributed by atoms with van der Waals surface area (Å²) in [7, 11) is -1.79. The maximum Gasteiger partial charge on any atom is 0.211 e. The van der Waals surface area contributed by atoms with Crippen molar-refractivity contribution < 1.29 is 18.3 Å². The summed E-state index contributed by atoms with van der Waals surface area (Å²) in [5.41, 5.74) is 0.749. The van der Waals surface area contributed by atoms with E-state index in [4.69, 9.17) is 4.74 Å². The van der Waals surface area contributed by atoms with Crippen molar-refractivity contribution in [2.45, 2.75) is 45.6 Å². The second-order valence-electron chi connectivity index (χ2n) is 5.06. The van der Waals surface area contributed by atoms with Crippen molar-refractivity contribution in [2.75, 3.05) is 12.9 Å². The van der Waals surface area contributed by atoms with Crippen LogP contribution in [0.15, 0.2) is 18.2 Å². The molecule has 2 N–H and O–H groups in total. The molecule has 6 heteroatoms. The standard InChI is InChI=1S/C15H25NO4S/c1-3-4-5-6-7-10-21(18,19)16-12-13-8-9-14(17)15(11-13)20-2/h8-9,11,16-17H,3-7,10,12H2,1-2H3. The smallest absolute Gasteiger partial charge is 0.211 e. The maximum atomic E-state index is 11.9. The first-order chi connectivity index (χ1) is 9.98. The molecule has 0 fully saturated rings. The number of unbranched alkanes of at least 4 members (excludes halogenated alkanes) is 4. The van der Waals surface area contributed by atoms with Crippen molar-refractivity contribution in [1.29, 1.82) is 0 Å². The van der Waals surface area contributed by atoms with E-state index in [2.05, 4.69) is 11.6 Å². The molecule has 21 heavy (non-hydrogen) atoms. The summed E-state index contributed by atoms with van der Waals surface area (Å²) >= 11 is 0. The summed E-state index contributed by atoms with van der Waals surface area (Å²) in [6.45, 7) is 2.33. The van der Waals surface area contributed by atoms with Crippen molar-refractivity contribution in [3.05, 3.63) is 23.8 Å². The van der Waals surface area contributed by atoms with Crippen LogP contribution in [0.1, 0.15) is 44.6 Å². The third-order valence-electron chi connectivity index (χ3n) is 3.26. The van der Waals surface area contributed by atoms with Gasteiger partial charge in [-0.05, 0) is 24.1 Å². The zero-order valence-corrected chi connectivity index (χ0v) is 13.6. The van der Waals surface area contributed by atoms with Gasteiger partial charge in [-0.2, -0.15) is 0 Å². The Bertz CT molecular complexity index is 528. The van der Waals surface area contributed by atoms with Gasteiger partial charge in [-0.1, -0.05) is 38.7 Å². The van der Waals surface area contributed by atoms with E-state index >= 15 is 0 Å². The van der Waals surface area contributed by atoms with Gasteiger partial charge in [0.1, 0.15) is 0 Å². The van der Waals surface area contributed by atoms with Crippen LogP contribution in [0.4, 0.5) is 0 Å². The van der Waals surface area contributed by atoms with E-state index in [9.17, 15) is 13.5 Å². The molecule has 0 radical (unpaired) electrons. The molecule has 0 saturated heterocycles. The number of phenolic OH excluding ortho intramolecular Hbond substituents is 1. The highest BCUT2D eigenvalue weighted by atomic mass is 32.2. The second kappa shape index (κ2) is 8.89. The minimum Gasteiger partial charge on any atom is -0.504 e. The summed E-state index contributed by atoms with van der Waals surface area (Å²) < 4.78 is 31.3. The lowest BCUT2D eigenvalue weighted by molar-refractivity contribution is 0.373. The largest absolute Gasteiger partial charge is 0.504 e. The van der Waals surface area contributed by atoms with Crippen molar-refractivity contribution in [3.8, 4) is 11.5 Å². The van der Waals surface area contributed by atoms with Crippen LogP contribution < -0.4 is 9.46 Å². The molecule has 0 aliphatic rings. The average molecular weight is 315 g/mol. The van der Waals surface area contributed by atoms with E-state index in [0.29, 0.717) is 12.2 Å². The number of methoxy groups -OCH3 is 1. The summed E-state index contributed by atoms with van der Waals surface area (Å²) in [6, 6.07) is 4.79. The minimum absolute atomic E-state index is 0.0417. The fourth-order valence-electron chi connectivity index (χ4n) is 1.99. The first-order valence-corrected chi connectivity index (χ1v) is 8.97. The Balaban J connectivity index is 2.42. The monoisotopic (exact) mass is 315 g/mol. The Morgan fingerprint density at radius 2 is 1.90 bits per heavy atom. The highest BCUT2D eigenvalue weighted by molar-refractivity contribution is 7.89. The summed E-state index contributed by atoms with van der Waals surface area (Å²) in [6.07, 6.45) is 5.02. The quantitative estimate of drug-likeness (QED) is 0.651. The lowest BCUT2D eigenvalue weighted by Crippen LogP contribution is -2.25. The van der Waals surface area contributed by atoms with E-state index in [-0.39, 0.29) is 18.0 Å². The molecule has 0 spiro atoms. The van der Waals surface area contributed by atoms with Gasteiger partial charge < -0.3 is 9.84 Å². The van der Waals surface area contributed by atoms with Crippen LogP contribution in [0.3, 0.4) is 0 Å². The van der Waals surface area contributed by atoms with Crippen LogP contribution in [-0.2, 0) is 16.6 Å². The number of sulfonamides is 1. The van der Waals surface area contributed by atoms with Gasteiger partial charge in [0.2, 0.25) is 10.0 Å². The molecule has 0 saturated carbocycles. The number of ether oxygens (including phenoxy) is 1. The van der Waals surface area contributed by atoms with E-state index in [0.717, 1.165) is 31.2 Å². The summed E-state index contributed by atoms with van der Waals surface area (Å²) in [4.78, 5) is 0. The third kappa shape index (κ3) is 6.82. The third-order valence-corrected chi connectivity index (χ3v) is 4.67. The Hall–Kier alpha value is -1.27. The number of rotatable bonds is 10. The van der Waals surface area contributed by atoms with E-state index in [1.54, 1.807) is 12.1 Å². The van der Waals surface area contributed by atoms with E-state index in [1.165, 1.54) is 13.2 Å². The fourth-order valence-corrected chi connectivity index (χ4v) is 3.11. The zero-order valence-electron chi connectivity index (χ0n) is 12.8. The lowest BCUT2D eigenvalue weighted by atomic mass is 10.2. The van der Waals surface area contributed by atoms with Crippen molar-refractivity contribution in [3.63, 3.8) is 0 Å². The van der Waals surface area contributed by atoms with Crippen LogP contribution in [-0.4, -0.2) is 26.4 Å². The van der Waals surface area contributed by atoms with Crippen molar-refractivity contribution in [2.24, 2.45) is 0 Å². The molecule has 1 aromatic carbocycles. The molecule has 0 amide bonds. The van der Waals surface area contributed by atoms with Gasteiger partial charge in [-0.15, -0.1) is 0 Å². The van der Waals surface area contributed by atoms with Gasteiger partial charge >= 0.3 is 0 Å². The molecule has 0 bridgehead atoms. The van der Waals surface area contributed by atoms with Crippen molar-refractivity contribution in [1.82, 2.24) is 4.72 Å². The number of hydrogen-bond donors (Lipinski definition) is 2. The first kappa shape index (κ1) is 17.8. The van der Waals surface area contributed by atoms with Gasteiger partial charge in [-0.3, -0.25) is 0 Å². The Labute approximate surface area is 127 Å². The van der Waals surface area contributed by atoms with Gasteiger partial charge in [0, 0.05) is 6.54 Å². The molecular weight excluding hydrogens is 290 g/mol. The number of benzene rings is 1. The Kier molecular flexibility index (Phi) is 7.53. The zero-order chi connectivity index (χ0) is 15.7. The molecule has 0 aliphatic heterocycles. The molecule has 0 aliphatic carbocycles. The number of nitrogens with one attached hydrogen (secondary N) is 1. The minimum atomic E-state index is -3.25. The number of aromatic hydroxyl groups is 1. The lowest BCUT2D eigenvalue weighted by Gasteiger charge is -2.09.